The lowest BCUT2D eigenvalue weighted by atomic mass is 9.80. The second kappa shape index (κ2) is 5.32. The average Bonchev–Trinajstić information content (AvgIpc) is 2.44. The van der Waals surface area contributed by atoms with Crippen molar-refractivity contribution in [2.24, 2.45) is 11.1 Å². The van der Waals surface area contributed by atoms with Crippen LogP contribution in [0.5, 0.6) is 0 Å². The summed E-state index contributed by atoms with van der Waals surface area (Å²) in [5, 5.41) is 0. The molecule has 1 rings (SSSR count). The van der Waals surface area contributed by atoms with E-state index in [1.54, 1.807) is 0 Å². The third-order valence-corrected chi connectivity index (χ3v) is 3.13. The first-order valence-corrected chi connectivity index (χ1v) is 5.29. The fourth-order valence-electron chi connectivity index (χ4n) is 2.13. The van der Waals surface area contributed by atoms with Crippen molar-refractivity contribution in [2.45, 2.75) is 38.5 Å². The molecule has 4 heteroatoms. The van der Waals surface area contributed by atoms with Crippen LogP contribution in [0.3, 0.4) is 0 Å². The van der Waals surface area contributed by atoms with Crippen LogP contribution < -0.4 is 11.2 Å². The Morgan fingerprint density at radius 2 is 1.93 bits per heavy atom. The maximum Gasteiger partial charge on any atom is 0.251 e. The van der Waals surface area contributed by atoms with Crippen molar-refractivity contribution in [1.82, 2.24) is 5.48 Å². The van der Waals surface area contributed by atoms with E-state index in [4.69, 9.17) is 5.73 Å². The Morgan fingerprint density at radius 1 is 1.36 bits per heavy atom. The largest absolute Gasteiger partial charge is 0.329 e. The zero-order valence-electron chi connectivity index (χ0n) is 8.84. The highest BCUT2D eigenvalue weighted by atomic mass is 16.6. The Labute approximate surface area is 85.1 Å². The first kappa shape index (κ1) is 11.5. The minimum atomic E-state index is -0.382. The summed E-state index contributed by atoms with van der Waals surface area (Å²) < 4.78 is 0. The van der Waals surface area contributed by atoms with E-state index in [0.717, 1.165) is 25.7 Å². The molecule has 0 heterocycles. The van der Waals surface area contributed by atoms with E-state index in [1.165, 1.54) is 20.0 Å². The Hall–Kier alpha value is -0.610. The number of carbonyl (C=O) groups excluding carboxylic acids is 1. The van der Waals surface area contributed by atoms with E-state index < -0.39 is 0 Å². The lowest BCUT2D eigenvalue weighted by Gasteiger charge is -2.28. The minimum Gasteiger partial charge on any atom is -0.329 e. The number of hydrogen-bond donors (Lipinski definition) is 2. The molecule has 1 aliphatic rings. The van der Waals surface area contributed by atoms with Crippen LogP contribution in [0.25, 0.3) is 0 Å². The van der Waals surface area contributed by atoms with Gasteiger partial charge in [0.05, 0.1) is 12.5 Å². The number of rotatable bonds is 3. The summed E-state index contributed by atoms with van der Waals surface area (Å²) in [6.45, 7) is 0.419. The molecule has 1 saturated carbocycles. The van der Waals surface area contributed by atoms with Crippen LogP contribution in [-0.4, -0.2) is 19.6 Å². The lowest BCUT2D eigenvalue weighted by molar-refractivity contribution is -0.142. The molecule has 0 saturated heterocycles. The van der Waals surface area contributed by atoms with Crippen LogP contribution in [0.4, 0.5) is 0 Å². The number of carbonyl (C=O) groups is 1. The van der Waals surface area contributed by atoms with Gasteiger partial charge in [0, 0.05) is 6.54 Å². The van der Waals surface area contributed by atoms with Gasteiger partial charge < -0.3 is 5.73 Å². The van der Waals surface area contributed by atoms with Crippen molar-refractivity contribution in [3.63, 3.8) is 0 Å². The summed E-state index contributed by atoms with van der Waals surface area (Å²) >= 11 is 0. The van der Waals surface area contributed by atoms with Crippen molar-refractivity contribution < 1.29 is 9.63 Å². The molecule has 14 heavy (non-hydrogen) atoms. The molecule has 0 radical (unpaired) electrons. The highest BCUT2D eigenvalue weighted by molar-refractivity contribution is 5.81. The Morgan fingerprint density at radius 3 is 2.36 bits per heavy atom. The molecule has 82 valence electrons. The topological polar surface area (TPSA) is 64.3 Å². The summed E-state index contributed by atoms with van der Waals surface area (Å²) in [6, 6.07) is 0. The van der Waals surface area contributed by atoms with Crippen molar-refractivity contribution in [1.29, 1.82) is 0 Å². The SMILES string of the molecule is CONC(=O)C1(CN)CCCCCC1. The highest BCUT2D eigenvalue weighted by Crippen LogP contribution is 2.34. The molecule has 0 aliphatic heterocycles. The van der Waals surface area contributed by atoms with Gasteiger partial charge in [-0.25, -0.2) is 5.48 Å². The van der Waals surface area contributed by atoms with E-state index in [1.807, 2.05) is 0 Å². The van der Waals surface area contributed by atoms with Gasteiger partial charge in [-0.1, -0.05) is 25.7 Å². The lowest BCUT2D eigenvalue weighted by Crippen LogP contribution is -2.45. The first-order chi connectivity index (χ1) is 6.75. The van der Waals surface area contributed by atoms with E-state index >= 15 is 0 Å². The molecule has 0 unspecified atom stereocenters. The molecule has 1 fully saturated rings. The second-order valence-corrected chi connectivity index (χ2v) is 4.03. The van der Waals surface area contributed by atoms with E-state index in [9.17, 15) is 4.79 Å². The third kappa shape index (κ3) is 2.45. The number of hydroxylamine groups is 1. The molecule has 4 nitrogen and oxygen atoms in total. The molecule has 3 N–H and O–H groups in total. The molecule has 0 spiro atoms. The first-order valence-electron chi connectivity index (χ1n) is 5.29. The van der Waals surface area contributed by atoms with Crippen molar-refractivity contribution in [2.75, 3.05) is 13.7 Å². The second-order valence-electron chi connectivity index (χ2n) is 4.03. The molecule has 0 aromatic carbocycles. The van der Waals surface area contributed by atoms with Crippen LogP contribution in [0.15, 0.2) is 0 Å². The third-order valence-electron chi connectivity index (χ3n) is 3.13. The molecule has 1 aliphatic carbocycles. The standard InChI is InChI=1S/C10H20N2O2/c1-14-12-9(13)10(8-11)6-4-2-3-5-7-10/h2-8,11H2,1H3,(H,12,13). The van der Waals surface area contributed by atoms with Crippen LogP contribution in [0.1, 0.15) is 38.5 Å². The van der Waals surface area contributed by atoms with Crippen LogP contribution in [0.2, 0.25) is 0 Å². The molecule has 0 aromatic rings. The van der Waals surface area contributed by atoms with Gasteiger partial charge in [0.15, 0.2) is 0 Å². The zero-order valence-corrected chi connectivity index (χ0v) is 8.84. The van der Waals surface area contributed by atoms with E-state index in [-0.39, 0.29) is 11.3 Å². The maximum absolute atomic E-state index is 11.8. The minimum absolute atomic E-state index is 0.0515. The Kier molecular flexibility index (Phi) is 4.35. The number of amides is 1. The summed E-state index contributed by atoms with van der Waals surface area (Å²) in [4.78, 5) is 16.5. The van der Waals surface area contributed by atoms with Gasteiger partial charge in [-0.2, -0.15) is 0 Å². The summed E-state index contributed by atoms with van der Waals surface area (Å²) in [5.41, 5.74) is 7.76. The predicted octanol–water partition coefficient (Wildman–Crippen LogP) is 0.963. The molecular weight excluding hydrogens is 180 g/mol. The number of nitrogens with one attached hydrogen (secondary N) is 1. The zero-order chi connectivity index (χ0) is 10.4. The van der Waals surface area contributed by atoms with Crippen LogP contribution >= 0.6 is 0 Å². The van der Waals surface area contributed by atoms with Gasteiger partial charge in [-0.15, -0.1) is 0 Å². The monoisotopic (exact) mass is 200 g/mol. The summed E-state index contributed by atoms with van der Waals surface area (Å²) in [6.07, 6.45) is 6.38. The Bertz CT molecular complexity index is 187. The van der Waals surface area contributed by atoms with Gasteiger partial charge in [0.2, 0.25) is 0 Å². The number of nitrogens with two attached hydrogens (primary N) is 1. The van der Waals surface area contributed by atoms with E-state index in [0.29, 0.717) is 6.54 Å². The molecule has 0 aromatic heterocycles. The van der Waals surface area contributed by atoms with Crippen molar-refractivity contribution in [3.8, 4) is 0 Å². The fourth-order valence-corrected chi connectivity index (χ4v) is 2.13. The van der Waals surface area contributed by atoms with Crippen LogP contribution in [-0.2, 0) is 9.63 Å². The van der Waals surface area contributed by atoms with E-state index in [2.05, 4.69) is 10.3 Å². The molecule has 0 atom stereocenters. The quantitative estimate of drug-likeness (QED) is 0.527. The average molecular weight is 200 g/mol. The Balaban J connectivity index is 2.66. The van der Waals surface area contributed by atoms with Crippen LogP contribution in [0, 0.1) is 5.41 Å². The summed E-state index contributed by atoms with van der Waals surface area (Å²) in [7, 11) is 1.46. The fraction of sp³-hybridized carbons (Fsp3) is 0.900. The van der Waals surface area contributed by atoms with Gasteiger partial charge in [0.1, 0.15) is 0 Å². The van der Waals surface area contributed by atoms with Gasteiger partial charge in [0.25, 0.3) is 5.91 Å². The van der Waals surface area contributed by atoms with Gasteiger partial charge in [-0.3, -0.25) is 9.63 Å². The highest BCUT2D eigenvalue weighted by Gasteiger charge is 2.37. The van der Waals surface area contributed by atoms with Crippen molar-refractivity contribution >= 4 is 5.91 Å². The molecular formula is C10H20N2O2. The van der Waals surface area contributed by atoms with Crippen molar-refractivity contribution in [3.05, 3.63) is 0 Å². The molecule has 1 amide bonds. The van der Waals surface area contributed by atoms with Gasteiger partial charge in [-0.05, 0) is 12.8 Å². The normalized spacial score (nSPS) is 21.3. The molecule has 0 bridgehead atoms. The van der Waals surface area contributed by atoms with Gasteiger partial charge >= 0.3 is 0 Å². The number of hydrogen-bond acceptors (Lipinski definition) is 3. The predicted molar refractivity (Wildman–Crippen MR) is 54.3 cm³/mol. The maximum atomic E-state index is 11.8. The smallest absolute Gasteiger partial charge is 0.251 e. The summed E-state index contributed by atoms with van der Waals surface area (Å²) in [5.74, 6) is -0.0515.